The maximum Gasteiger partial charge on any atom is 0.263 e. The number of carbonyl (C=O) groups is 1. The van der Waals surface area contributed by atoms with Gasteiger partial charge in [-0.3, -0.25) is 4.79 Å². The highest BCUT2D eigenvalue weighted by Crippen LogP contribution is 2.21. The monoisotopic (exact) mass is 357 g/mol. The van der Waals surface area contributed by atoms with Gasteiger partial charge in [0.15, 0.2) is 6.10 Å². The number of rotatable bonds is 6. The SMILES string of the molecule is Cc1ccc(O[C@@H](C)C(=O)N(C)Cc2nc(-c3cccs3)no2)cc1. The van der Waals surface area contributed by atoms with Crippen LogP contribution in [-0.2, 0) is 11.3 Å². The minimum Gasteiger partial charge on any atom is -0.481 e. The standard InChI is InChI=1S/C18H19N3O3S/c1-12-6-8-14(9-7-12)23-13(2)18(22)21(3)11-16-19-17(20-24-16)15-5-4-10-25-15/h4-10,13H,11H2,1-3H3/t13-/m0/s1. The van der Waals surface area contributed by atoms with Gasteiger partial charge in [0.25, 0.3) is 5.91 Å². The van der Waals surface area contributed by atoms with Crippen molar-refractivity contribution in [2.24, 2.45) is 0 Å². The smallest absolute Gasteiger partial charge is 0.263 e. The number of likely N-dealkylation sites (N-methyl/N-ethyl adjacent to an activating group) is 1. The van der Waals surface area contributed by atoms with Crippen LogP contribution in [0.5, 0.6) is 5.75 Å². The lowest BCUT2D eigenvalue weighted by Crippen LogP contribution is -2.37. The number of benzene rings is 1. The van der Waals surface area contributed by atoms with E-state index in [1.165, 1.54) is 16.2 Å². The first-order valence-electron chi connectivity index (χ1n) is 7.87. The fourth-order valence-corrected chi connectivity index (χ4v) is 2.94. The first kappa shape index (κ1) is 17.2. The number of nitrogens with zero attached hydrogens (tertiary/aromatic N) is 3. The molecule has 3 aromatic rings. The molecule has 2 heterocycles. The molecule has 0 saturated heterocycles. The number of ether oxygens (including phenoxy) is 1. The van der Waals surface area contributed by atoms with Gasteiger partial charge < -0.3 is 14.2 Å². The molecule has 0 spiro atoms. The van der Waals surface area contributed by atoms with Gasteiger partial charge in [-0.1, -0.05) is 28.9 Å². The van der Waals surface area contributed by atoms with Crippen LogP contribution in [0.25, 0.3) is 10.7 Å². The Kier molecular flexibility index (Phi) is 5.14. The van der Waals surface area contributed by atoms with Gasteiger partial charge in [-0.15, -0.1) is 11.3 Å². The summed E-state index contributed by atoms with van der Waals surface area (Å²) >= 11 is 1.54. The van der Waals surface area contributed by atoms with Crippen molar-refractivity contribution in [1.29, 1.82) is 0 Å². The summed E-state index contributed by atoms with van der Waals surface area (Å²) in [6.07, 6.45) is -0.604. The zero-order valence-corrected chi connectivity index (χ0v) is 15.1. The molecular weight excluding hydrogens is 338 g/mol. The van der Waals surface area contributed by atoms with E-state index >= 15 is 0 Å². The highest BCUT2D eigenvalue weighted by molar-refractivity contribution is 7.13. The van der Waals surface area contributed by atoms with Crippen molar-refractivity contribution < 1.29 is 14.1 Å². The number of hydrogen-bond donors (Lipinski definition) is 0. The molecule has 0 fully saturated rings. The topological polar surface area (TPSA) is 68.5 Å². The van der Waals surface area contributed by atoms with Crippen molar-refractivity contribution in [2.75, 3.05) is 7.05 Å². The molecule has 0 bridgehead atoms. The summed E-state index contributed by atoms with van der Waals surface area (Å²) in [6.45, 7) is 3.96. The summed E-state index contributed by atoms with van der Waals surface area (Å²) in [6, 6.07) is 11.4. The number of aromatic nitrogens is 2. The van der Waals surface area contributed by atoms with Gasteiger partial charge in [0.05, 0.1) is 11.4 Å². The summed E-state index contributed by atoms with van der Waals surface area (Å²) in [5.41, 5.74) is 1.14. The third-order valence-corrected chi connectivity index (χ3v) is 4.51. The summed E-state index contributed by atoms with van der Waals surface area (Å²) in [4.78, 5) is 19.2. The second-order valence-corrected chi connectivity index (χ2v) is 6.70. The number of amides is 1. The normalized spacial score (nSPS) is 12.0. The number of aryl methyl sites for hydroxylation is 1. The Labute approximate surface area is 150 Å². The molecule has 0 saturated carbocycles. The molecular formula is C18H19N3O3S. The average molecular weight is 357 g/mol. The molecule has 1 aromatic carbocycles. The summed E-state index contributed by atoms with van der Waals surface area (Å²) in [5.74, 6) is 1.44. The lowest BCUT2D eigenvalue weighted by molar-refractivity contribution is -0.137. The zero-order chi connectivity index (χ0) is 17.8. The Morgan fingerprint density at radius 1 is 1.32 bits per heavy atom. The molecule has 0 aliphatic heterocycles. The molecule has 0 radical (unpaired) electrons. The lowest BCUT2D eigenvalue weighted by Gasteiger charge is -2.20. The van der Waals surface area contributed by atoms with E-state index in [0.29, 0.717) is 17.5 Å². The predicted octanol–water partition coefficient (Wildman–Crippen LogP) is 3.53. The molecule has 1 amide bonds. The van der Waals surface area contributed by atoms with Crippen molar-refractivity contribution in [2.45, 2.75) is 26.5 Å². The van der Waals surface area contributed by atoms with Crippen LogP contribution in [0.2, 0.25) is 0 Å². The maximum atomic E-state index is 12.5. The van der Waals surface area contributed by atoms with Crippen LogP contribution in [0.4, 0.5) is 0 Å². The highest BCUT2D eigenvalue weighted by Gasteiger charge is 2.21. The minimum atomic E-state index is -0.604. The largest absolute Gasteiger partial charge is 0.481 e. The van der Waals surface area contributed by atoms with Gasteiger partial charge in [-0.2, -0.15) is 4.98 Å². The predicted molar refractivity (Wildman–Crippen MR) is 95.4 cm³/mol. The Morgan fingerprint density at radius 2 is 2.08 bits per heavy atom. The second-order valence-electron chi connectivity index (χ2n) is 5.76. The fourth-order valence-electron chi connectivity index (χ4n) is 2.29. The molecule has 0 N–H and O–H groups in total. The molecule has 1 atom stereocenters. The van der Waals surface area contributed by atoms with E-state index in [1.54, 1.807) is 14.0 Å². The van der Waals surface area contributed by atoms with Crippen molar-refractivity contribution in [3.05, 3.63) is 53.2 Å². The minimum absolute atomic E-state index is 0.156. The lowest BCUT2D eigenvalue weighted by atomic mass is 10.2. The molecule has 0 unspecified atom stereocenters. The quantitative estimate of drug-likeness (QED) is 0.675. The number of hydrogen-bond acceptors (Lipinski definition) is 6. The second kappa shape index (κ2) is 7.48. The third kappa shape index (κ3) is 4.24. The summed E-state index contributed by atoms with van der Waals surface area (Å²) in [7, 11) is 1.69. The maximum absolute atomic E-state index is 12.5. The van der Waals surface area contributed by atoms with Crippen LogP contribution in [-0.4, -0.2) is 34.1 Å². The molecule has 25 heavy (non-hydrogen) atoms. The highest BCUT2D eigenvalue weighted by atomic mass is 32.1. The summed E-state index contributed by atoms with van der Waals surface area (Å²) < 4.78 is 10.9. The van der Waals surface area contributed by atoms with Crippen molar-refractivity contribution in [3.63, 3.8) is 0 Å². The molecule has 7 heteroatoms. The Morgan fingerprint density at radius 3 is 2.76 bits per heavy atom. The van der Waals surface area contributed by atoms with E-state index < -0.39 is 6.10 Å². The van der Waals surface area contributed by atoms with Crippen molar-refractivity contribution in [1.82, 2.24) is 15.0 Å². The third-order valence-electron chi connectivity index (χ3n) is 3.64. The van der Waals surface area contributed by atoms with Crippen LogP contribution >= 0.6 is 11.3 Å². The van der Waals surface area contributed by atoms with Crippen LogP contribution in [0.3, 0.4) is 0 Å². The van der Waals surface area contributed by atoms with Gasteiger partial charge in [0.2, 0.25) is 11.7 Å². The first-order chi connectivity index (χ1) is 12.0. The average Bonchev–Trinajstić information content (AvgIpc) is 3.27. The Hall–Kier alpha value is -2.67. The number of thiophene rings is 1. The van der Waals surface area contributed by atoms with E-state index in [-0.39, 0.29) is 12.5 Å². The zero-order valence-electron chi connectivity index (χ0n) is 14.3. The van der Waals surface area contributed by atoms with Gasteiger partial charge in [-0.25, -0.2) is 0 Å². The molecule has 2 aromatic heterocycles. The van der Waals surface area contributed by atoms with E-state index in [1.807, 2.05) is 48.7 Å². The van der Waals surface area contributed by atoms with Crippen LogP contribution in [0.15, 0.2) is 46.3 Å². The number of carbonyl (C=O) groups excluding carboxylic acids is 1. The van der Waals surface area contributed by atoms with Gasteiger partial charge >= 0.3 is 0 Å². The van der Waals surface area contributed by atoms with Crippen LogP contribution in [0, 0.1) is 6.92 Å². The first-order valence-corrected chi connectivity index (χ1v) is 8.75. The van der Waals surface area contributed by atoms with Gasteiger partial charge in [0, 0.05) is 7.05 Å². The van der Waals surface area contributed by atoms with E-state index in [2.05, 4.69) is 10.1 Å². The fraction of sp³-hybridized carbons (Fsp3) is 0.278. The van der Waals surface area contributed by atoms with Crippen molar-refractivity contribution in [3.8, 4) is 16.5 Å². The van der Waals surface area contributed by atoms with Gasteiger partial charge in [0.1, 0.15) is 5.75 Å². The Balaban J connectivity index is 1.59. The van der Waals surface area contributed by atoms with Crippen molar-refractivity contribution >= 4 is 17.2 Å². The molecule has 0 aliphatic carbocycles. The van der Waals surface area contributed by atoms with E-state index in [4.69, 9.17) is 9.26 Å². The summed E-state index contributed by atoms with van der Waals surface area (Å²) in [5, 5.41) is 5.90. The molecule has 3 rings (SSSR count). The molecule has 6 nitrogen and oxygen atoms in total. The van der Waals surface area contributed by atoms with Gasteiger partial charge in [-0.05, 0) is 37.4 Å². The van der Waals surface area contributed by atoms with Crippen LogP contribution in [0.1, 0.15) is 18.4 Å². The van der Waals surface area contributed by atoms with E-state index in [0.717, 1.165) is 10.4 Å². The van der Waals surface area contributed by atoms with E-state index in [9.17, 15) is 4.79 Å². The molecule has 130 valence electrons. The van der Waals surface area contributed by atoms with Crippen LogP contribution < -0.4 is 4.74 Å². The Bertz CT molecular complexity index is 828. The molecule has 0 aliphatic rings.